The molecular formula is C12H16N4O3. The fraction of sp³-hybridized carbons (Fsp3) is 0.417. The van der Waals surface area contributed by atoms with Crippen molar-refractivity contribution in [1.29, 1.82) is 0 Å². The minimum atomic E-state index is -0.873. The van der Waals surface area contributed by atoms with Crippen molar-refractivity contribution in [2.24, 2.45) is 5.92 Å². The molecule has 1 aromatic heterocycles. The smallest absolute Gasteiger partial charge is 0.319 e. The van der Waals surface area contributed by atoms with Crippen molar-refractivity contribution >= 4 is 17.7 Å². The molecule has 102 valence electrons. The van der Waals surface area contributed by atoms with E-state index in [1.54, 1.807) is 19.1 Å². The summed E-state index contributed by atoms with van der Waals surface area (Å²) >= 11 is 0. The number of rotatable bonds is 3. The van der Waals surface area contributed by atoms with Crippen LogP contribution in [0.5, 0.6) is 0 Å². The summed E-state index contributed by atoms with van der Waals surface area (Å²) in [4.78, 5) is 22.6. The molecule has 0 aromatic carbocycles. The van der Waals surface area contributed by atoms with Crippen LogP contribution in [0.15, 0.2) is 12.2 Å². The van der Waals surface area contributed by atoms with E-state index < -0.39 is 11.9 Å². The van der Waals surface area contributed by atoms with E-state index in [0.29, 0.717) is 17.8 Å². The molecule has 0 saturated carbocycles. The quantitative estimate of drug-likeness (QED) is 0.615. The molecule has 2 rings (SSSR count). The molecule has 1 heterocycles. The molecule has 4 N–H and O–H groups in total. The van der Waals surface area contributed by atoms with Crippen LogP contribution in [-0.4, -0.2) is 33.3 Å². The molecule has 7 heteroatoms. The van der Waals surface area contributed by atoms with Gasteiger partial charge >= 0.3 is 12.0 Å². The second kappa shape index (κ2) is 5.13. The summed E-state index contributed by atoms with van der Waals surface area (Å²) < 4.78 is 0. The van der Waals surface area contributed by atoms with Crippen LogP contribution in [0, 0.1) is 19.8 Å². The van der Waals surface area contributed by atoms with E-state index in [-0.39, 0.29) is 12.1 Å². The number of hydrogen-bond donors (Lipinski definition) is 4. The van der Waals surface area contributed by atoms with Gasteiger partial charge in [0.25, 0.3) is 0 Å². The highest BCUT2D eigenvalue weighted by Crippen LogP contribution is 2.19. The van der Waals surface area contributed by atoms with E-state index in [1.807, 2.05) is 6.92 Å². The number of aromatic nitrogens is 2. The number of nitrogens with one attached hydrogen (secondary N) is 3. The van der Waals surface area contributed by atoms with Gasteiger partial charge in [0.05, 0.1) is 29.0 Å². The van der Waals surface area contributed by atoms with Crippen LogP contribution in [0.3, 0.4) is 0 Å². The fourth-order valence-electron chi connectivity index (χ4n) is 2.04. The first kappa shape index (κ1) is 13.1. The fourth-order valence-corrected chi connectivity index (χ4v) is 2.04. The lowest BCUT2D eigenvalue weighted by molar-refractivity contribution is -0.140. The monoisotopic (exact) mass is 264 g/mol. The summed E-state index contributed by atoms with van der Waals surface area (Å²) in [5, 5.41) is 21.0. The summed E-state index contributed by atoms with van der Waals surface area (Å²) in [6.45, 7) is 3.60. The number of anilines is 1. The highest BCUT2D eigenvalue weighted by Gasteiger charge is 2.25. The molecule has 7 nitrogen and oxygen atoms in total. The first-order chi connectivity index (χ1) is 8.97. The Kier molecular flexibility index (Phi) is 3.55. The van der Waals surface area contributed by atoms with Crippen LogP contribution in [-0.2, 0) is 4.79 Å². The number of aromatic amines is 1. The Morgan fingerprint density at radius 1 is 1.42 bits per heavy atom. The Morgan fingerprint density at radius 2 is 2.16 bits per heavy atom. The van der Waals surface area contributed by atoms with Gasteiger partial charge in [-0.1, -0.05) is 12.2 Å². The number of aliphatic carboxylic acids is 1. The van der Waals surface area contributed by atoms with Gasteiger partial charge in [-0.05, 0) is 20.3 Å². The Hall–Kier alpha value is -2.31. The maximum Gasteiger partial charge on any atom is 0.319 e. The Balaban J connectivity index is 1.90. The first-order valence-corrected chi connectivity index (χ1v) is 5.97. The molecule has 0 radical (unpaired) electrons. The molecule has 1 aliphatic carbocycles. The Morgan fingerprint density at radius 3 is 2.68 bits per heavy atom. The second-order valence-corrected chi connectivity index (χ2v) is 4.58. The Bertz CT molecular complexity index is 516. The van der Waals surface area contributed by atoms with Crippen molar-refractivity contribution < 1.29 is 14.7 Å². The summed E-state index contributed by atoms with van der Waals surface area (Å²) in [6.07, 6.45) is 3.68. The van der Waals surface area contributed by atoms with E-state index in [9.17, 15) is 9.59 Å². The van der Waals surface area contributed by atoms with Gasteiger partial charge in [0.2, 0.25) is 0 Å². The van der Waals surface area contributed by atoms with Crippen molar-refractivity contribution in [3.8, 4) is 0 Å². The zero-order valence-corrected chi connectivity index (χ0v) is 10.7. The van der Waals surface area contributed by atoms with Gasteiger partial charge in [0, 0.05) is 0 Å². The van der Waals surface area contributed by atoms with Gasteiger partial charge in [0.15, 0.2) is 0 Å². The molecule has 0 bridgehead atoms. The minimum Gasteiger partial charge on any atom is -0.481 e. The molecule has 0 aliphatic heterocycles. The number of nitrogens with zero attached hydrogens (tertiary/aromatic N) is 1. The predicted molar refractivity (Wildman–Crippen MR) is 68.9 cm³/mol. The lowest BCUT2D eigenvalue weighted by Gasteiger charge is -2.13. The van der Waals surface area contributed by atoms with Gasteiger partial charge in [-0.15, -0.1) is 0 Å². The SMILES string of the molecule is Cc1n[nH]c(C)c1NC(=O)NC1C=CC(C(=O)O)C1. The molecule has 1 aliphatic rings. The van der Waals surface area contributed by atoms with Crippen LogP contribution in [0.1, 0.15) is 17.8 Å². The van der Waals surface area contributed by atoms with Crippen molar-refractivity contribution in [3.05, 3.63) is 23.5 Å². The molecule has 2 atom stereocenters. The van der Waals surface area contributed by atoms with Crippen LogP contribution >= 0.6 is 0 Å². The molecule has 19 heavy (non-hydrogen) atoms. The molecule has 0 saturated heterocycles. The third-order valence-electron chi connectivity index (χ3n) is 3.08. The molecule has 1 aromatic rings. The van der Waals surface area contributed by atoms with E-state index in [4.69, 9.17) is 5.11 Å². The van der Waals surface area contributed by atoms with Crippen LogP contribution in [0.4, 0.5) is 10.5 Å². The third kappa shape index (κ3) is 2.93. The Labute approximate surface area is 110 Å². The van der Waals surface area contributed by atoms with Gasteiger partial charge in [-0.2, -0.15) is 5.10 Å². The van der Waals surface area contributed by atoms with Gasteiger partial charge in [-0.25, -0.2) is 4.79 Å². The third-order valence-corrected chi connectivity index (χ3v) is 3.08. The summed E-state index contributed by atoms with van der Waals surface area (Å²) in [5.74, 6) is -1.40. The topological polar surface area (TPSA) is 107 Å². The summed E-state index contributed by atoms with van der Waals surface area (Å²) in [7, 11) is 0. The van der Waals surface area contributed by atoms with Gasteiger partial charge in [-0.3, -0.25) is 9.89 Å². The zero-order valence-electron chi connectivity index (χ0n) is 10.7. The summed E-state index contributed by atoms with van der Waals surface area (Å²) in [6, 6.07) is -0.623. The highest BCUT2D eigenvalue weighted by molar-refractivity contribution is 5.91. The molecular weight excluding hydrogens is 248 g/mol. The number of urea groups is 1. The number of hydrogen-bond acceptors (Lipinski definition) is 3. The second-order valence-electron chi connectivity index (χ2n) is 4.58. The van der Waals surface area contributed by atoms with E-state index >= 15 is 0 Å². The van der Waals surface area contributed by atoms with E-state index in [0.717, 1.165) is 5.69 Å². The van der Waals surface area contributed by atoms with Crippen molar-refractivity contribution in [2.75, 3.05) is 5.32 Å². The maximum absolute atomic E-state index is 11.8. The zero-order chi connectivity index (χ0) is 14.0. The summed E-state index contributed by atoms with van der Waals surface area (Å²) in [5.41, 5.74) is 2.13. The number of carboxylic acid groups (broad SMARTS) is 1. The highest BCUT2D eigenvalue weighted by atomic mass is 16.4. The molecule has 2 amide bonds. The number of H-pyrrole nitrogens is 1. The normalized spacial score (nSPS) is 21.4. The van der Waals surface area contributed by atoms with E-state index in [2.05, 4.69) is 20.8 Å². The van der Waals surface area contributed by atoms with Gasteiger partial charge in [0.1, 0.15) is 0 Å². The number of carbonyl (C=O) groups excluding carboxylic acids is 1. The van der Waals surface area contributed by atoms with E-state index in [1.165, 1.54) is 0 Å². The lowest BCUT2D eigenvalue weighted by Crippen LogP contribution is -2.36. The molecule has 0 spiro atoms. The maximum atomic E-state index is 11.8. The lowest BCUT2D eigenvalue weighted by atomic mass is 10.1. The van der Waals surface area contributed by atoms with Gasteiger partial charge < -0.3 is 15.7 Å². The predicted octanol–water partition coefficient (Wildman–Crippen LogP) is 1.18. The standard InChI is InChI=1S/C12H16N4O3/c1-6-10(7(2)16-15-6)14-12(19)13-9-4-3-8(5-9)11(17)18/h3-4,8-9H,5H2,1-2H3,(H,15,16)(H,17,18)(H2,13,14,19). The molecule has 0 fully saturated rings. The van der Waals surface area contributed by atoms with Crippen LogP contribution in [0.2, 0.25) is 0 Å². The number of carboxylic acids is 1. The molecule has 2 unspecified atom stereocenters. The minimum absolute atomic E-state index is 0.256. The van der Waals surface area contributed by atoms with Crippen molar-refractivity contribution in [2.45, 2.75) is 26.3 Å². The number of carbonyl (C=O) groups is 2. The number of amides is 2. The number of aryl methyl sites for hydroxylation is 2. The first-order valence-electron chi connectivity index (χ1n) is 5.97. The average molecular weight is 264 g/mol. The van der Waals surface area contributed by atoms with Crippen molar-refractivity contribution in [1.82, 2.24) is 15.5 Å². The average Bonchev–Trinajstić information content (AvgIpc) is 2.91. The van der Waals surface area contributed by atoms with Crippen LogP contribution in [0.25, 0.3) is 0 Å². The van der Waals surface area contributed by atoms with Crippen LogP contribution < -0.4 is 10.6 Å². The largest absolute Gasteiger partial charge is 0.481 e. The van der Waals surface area contributed by atoms with Crippen molar-refractivity contribution in [3.63, 3.8) is 0 Å².